The van der Waals surface area contributed by atoms with E-state index in [0.717, 1.165) is 5.69 Å². The van der Waals surface area contributed by atoms with Gasteiger partial charge in [0.2, 0.25) is 6.04 Å². The highest BCUT2D eigenvalue weighted by Crippen LogP contribution is 2.13. The monoisotopic (exact) mass is 171 g/mol. The summed E-state index contributed by atoms with van der Waals surface area (Å²) >= 11 is 0. The van der Waals surface area contributed by atoms with Crippen LogP contribution in [-0.2, 0) is 0 Å². The topological polar surface area (TPSA) is 50.8 Å². The second-order valence-electron chi connectivity index (χ2n) is 2.61. The van der Waals surface area contributed by atoms with Crippen LogP contribution in [0.1, 0.15) is 0 Å². The maximum Gasteiger partial charge on any atom is 0.204 e. The minimum absolute atomic E-state index is 0.720. The van der Waals surface area contributed by atoms with Crippen molar-refractivity contribution >= 4 is 5.69 Å². The van der Waals surface area contributed by atoms with E-state index in [1.54, 1.807) is 11.9 Å². The molecule has 64 valence electrons. The smallest absolute Gasteiger partial charge is 0.204 e. The van der Waals surface area contributed by atoms with Crippen molar-refractivity contribution < 1.29 is 0 Å². The van der Waals surface area contributed by atoms with Crippen LogP contribution in [-0.4, -0.2) is 13.1 Å². The van der Waals surface area contributed by atoms with Crippen molar-refractivity contribution in [1.29, 1.82) is 10.5 Å². The minimum Gasteiger partial charge on any atom is -0.347 e. The predicted molar refractivity (Wildman–Crippen MR) is 49.9 cm³/mol. The molecule has 0 N–H and O–H groups in total. The molecule has 1 rings (SSSR count). The Hall–Kier alpha value is -2.00. The van der Waals surface area contributed by atoms with Gasteiger partial charge in [-0.25, -0.2) is 0 Å². The zero-order valence-electron chi connectivity index (χ0n) is 7.31. The van der Waals surface area contributed by atoms with Crippen LogP contribution in [0, 0.1) is 22.7 Å². The Morgan fingerprint density at radius 2 is 1.69 bits per heavy atom. The fourth-order valence-electron chi connectivity index (χ4n) is 1.01. The van der Waals surface area contributed by atoms with Crippen molar-refractivity contribution in [3.63, 3.8) is 0 Å². The van der Waals surface area contributed by atoms with Crippen LogP contribution in [0.25, 0.3) is 0 Å². The molecule has 0 amide bonds. The number of anilines is 1. The third kappa shape index (κ3) is 1.98. The number of benzene rings is 1. The summed E-state index contributed by atoms with van der Waals surface area (Å²) in [4.78, 5) is 1.64. The average Bonchev–Trinajstić information content (AvgIpc) is 2.21. The van der Waals surface area contributed by atoms with Crippen LogP contribution in [0.2, 0.25) is 0 Å². The molecular formula is C10H9N3. The number of rotatable bonds is 2. The molecule has 0 heterocycles. The highest BCUT2D eigenvalue weighted by atomic mass is 15.1. The molecule has 0 radical (unpaired) electrons. The Kier molecular flexibility index (Phi) is 2.89. The molecule has 0 aliphatic heterocycles. The van der Waals surface area contributed by atoms with Crippen molar-refractivity contribution in [2.75, 3.05) is 11.9 Å². The fraction of sp³-hybridized carbons (Fsp3) is 0.200. The first kappa shape index (κ1) is 9.09. The van der Waals surface area contributed by atoms with Gasteiger partial charge in [0.05, 0.1) is 0 Å². The van der Waals surface area contributed by atoms with Gasteiger partial charge in [0.15, 0.2) is 0 Å². The molecule has 0 fully saturated rings. The van der Waals surface area contributed by atoms with Gasteiger partial charge in [-0.3, -0.25) is 0 Å². The quantitative estimate of drug-likeness (QED) is 0.678. The second kappa shape index (κ2) is 4.13. The Labute approximate surface area is 77.4 Å². The van der Waals surface area contributed by atoms with Gasteiger partial charge >= 0.3 is 0 Å². The van der Waals surface area contributed by atoms with Crippen molar-refractivity contribution in [3.05, 3.63) is 30.3 Å². The molecule has 0 saturated carbocycles. The van der Waals surface area contributed by atoms with Gasteiger partial charge in [0.25, 0.3) is 0 Å². The van der Waals surface area contributed by atoms with Crippen LogP contribution in [0.15, 0.2) is 30.3 Å². The van der Waals surface area contributed by atoms with Crippen LogP contribution in [0.3, 0.4) is 0 Å². The number of nitriles is 2. The summed E-state index contributed by atoms with van der Waals surface area (Å²) in [5.74, 6) is 0. The van der Waals surface area contributed by atoms with Gasteiger partial charge in [-0.2, -0.15) is 10.5 Å². The molecule has 1 aromatic carbocycles. The molecule has 0 spiro atoms. The summed E-state index contributed by atoms with van der Waals surface area (Å²) in [5, 5.41) is 17.3. The van der Waals surface area contributed by atoms with Crippen molar-refractivity contribution in [1.82, 2.24) is 0 Å². The highest BCUT2D eigenvalue weighted by molar-refractivity contribution is 5.49. The SMILES string of the molecule is CN(c1ccccc1)C(C#N)C#N. The summed E-state index contributed by atoms with van der Waals surface area (Å²) in [6, 6.07) is 12.5. The first-order valence-electron chi connectivity index (χ1n) is 3.86. The van der Waals surface area contributed by atoms with Crippen molar-refractivity contribution in [3.8, 4) is 12.1 Å². The van der Waals surface area contributed by atoms with Gasteiger partial charge in [-0.05, 0) is 12.1 Å². The van der Waals surface area contributed by atoms with Crippen LogP contribution in [0.5, 0.6) is 0 Å². The molecule has 0 saturated heterocycles. The molecule has 3 heteroatoms. The predicted octanol–water partition coefficient (Wildman–Crippen LogP) is 1.54. The van der Waals surface area contributed by atoms with E-state index in [2.05, 4.69) is 0 Å². The van der Waals surface area contributed by atoms with Crippen molar-refractivity contribution in [2.24, 2.45) is 0 Å². The molecular weight excluding hydrogens is 162 g/mol. The normalized spacial score (nSPS) is 8.92. The first-order valence-corrected chi connectivity index (χ1v) is 3.86. The van der Waals surface area contributed by atoms with E-state index in [9.17, 15) is 0 Å². The van der Waals surface area contributed by atoms with E-state index < -0.39 is 6.04 Å². The minimum atomic E-state index is -0.720. The van der Waals surface area contributed by atoms with Crippen LogP contribution >= 0.6 is 0 Å². The summed E-state index contributed by atoms with van der Waals surface area (Å²) in [5.41, 5.74) is 0.871. The third-order valence-corrected chi connectivity index (χ3v) is 1.80. The summed E-state index contributed by atoms with van der Waals surface area (Å²) in [6.45, 7) is 0. The Morgan fingerprint density at radius 3 is 2.15 bits per heavy atom. The van der Waals surface area contributed by atoms with Crippen LogP contribution < -0.4 is 4.90 Å². The third-order valence-electron chi connectivity index (χ3n) is 1.80. The van der Waals surface area contributed by atoms with Gasteiger partial charge < -0.3 is 4.90 Å². The summed E-state index contributed by atoms with van der Waals surface area (Å²) in [6.07, 6.45) is 0. The standard InChI is InChI=1S/C10H9N3/c1-13(10(7-11)8-12)9-5-3-2-4-6-9/h2-6,10H,1H3. The van der Waals surface area contributed by atoms with E-state index in [4.69, 9.17) is 10.5 Å². The maximum atomic E-state index is 8.64. The zero-order valence-corrected chi connectivity index (χ0v) is 7.31. The van der Waals surface area contributed by atoms with E-state index >= 15 is 0 Å². The molecule has 1 aromatic rings. The largest absolute Gasteiger partial charge is 0.347 e. The lowest BCUT2D eigenvalue weighted by atomic mass is 10.2. The van der Waals surface area contributed by atoms with Crippen molar-refractivity contribution in [2.45, 2.75) is 6.04 Å². The first-order chi connectivity index (χ1) is 6.29. The molecule has 0 atom stereocenters. The van der Waals surface area contributed by atoms with E-state index in [1.165, 1.54) is 0 Å². The molecule has 0 unspecified atom stereocenters. The number of para-hydroxylation sites is 1. The lowest BCUT2D eigenvalue weighted by molar-refractivity contribution is 0.915. The van der Waals surface area contributed by atoms with E-state index in [1.807, 2.05) is 42.5 Å². The van der Waals surface area contributed by atoms with Gasteiger partial charge in [-0.15, -0.1) is 0 Å². The van der Waals surface area contributed by atoms with Gasteiger partial charge in [0.1, 0.15) is 12.1 Å². The maximum absolute atomic E-state index is 8.64. The summed E-state index contributed by atoms with van der Waals surface area (Å²) < 4.78 is 0. The molecule has 0 aliphatic carbocycles. The number of nitrogens with zero attached hydrogens (tertiary/aromatic N) is 3. The molecule has 0 aliphatic rings. The Balaban J connectivity index is 2.87. The van der Waals surface area contributed by atoms with E-state index in [-0.39, 0.29) is 0 Å². The summed E-state index contributed by atoms with van der Waals surface area (Å²) in [7, 11) is 1.73. The molecule has 3 nitrogen and oxygen atoms in total. The lowest BCUT2D eigenvalue weighted by Gasteiger charge is -2.19. The highest BCUT2D eigenvalue weighted by Gasteiger charge is 2.11. The lowest BCUT2D eigenvalue weighted by Crippen LogP contribution is -2.28. The Morgan fingerprint density at radius 1 is 1.15 bits per heavy atom. The fourth-order valence-corrected chi connectivity index (χ4v) is 1.01. The van der Waals surface area contributed by atoms with E-state index in [0.29, 0.717) is 0 Å². The Bertz CT molecular complexity index is 331. The van der Waals surface area contributed by atoms with Crippen LogP contribution in [0.4, 0.5) is 5.69 Å². The average molecular weight is 171 g/mol. The molecule has 0 bridgehead atoms. The van der Waals surface area contributed by atoms with Gasteiger partial charge in [0, 0.05) is 12.7 Å². The number of hydrogen-bond acceptors (Lipinski definition) is 3. The molecule has 13 heavy (non-hydrogen) atoms. The van der Waals surface area contributed by atoms with Gasteiger partial charge in [-0.1, -0.05) is 18.2 Å². The zero-order chi connectivity index (χ0) is 9.68. The molecule has 0 aromatic heterocycles. The number of hydrogen-bond donors (Lipinski definition) is 0. The second-order valence-corrected chi connectivity index (χ2v) is 2.61.